The number of halogens is 3. The van der Waals surface area contributed by atoms with Crippen molar-refractivity contribution in [3.63, 3.8) is 0 Å². The molecule has 0 aliphatic heterocycles. The van der Waals surface area contributed by atoms with Crippen LogP contribution in [0.4, 0.5) is 10.1 Å². The first kappa shape index (κ1) is 15.3. The normalized spacial score (nSPS) is 10.6. The van der Waals surface area contributed by atoms with Gasteiger partial charge in [-0.05, 0) is 25.1 Å². The van der Waals surface area contributed by atoms with Crippen LogP contribution in [0.3, 0.4) is 0 Å². The van der Waals surface area contributed by atoms with Crippen molar-refractivity contribution in [1.82, 2.24) is 0 Å². The van der Waals surface area contributed by atoms with Crippen LogP contribution in [0.25, 0.3) is 0 Å². The van der Waals surface area contributed by atoms with E-state index in [9.17, 15) is 9.18 Å². The Morgan fingerprint density at radius 2 is 2.05 bits per heavy atom. The van der Waals surface area contributed by atoms with Gasteiger partial charge in [0, 0.05) is 6.54 Å². The van der Waals surface area contributed by atoms with Crippen LogP contribution in [0.1, 0.15) is 17.3 Å². The number of likely N-dealkylation sites (N-methyl/N-ethyl adjacent to an activating group) is 1. The summed E-state index contributed by atoms with van der Waals surface area (Å²) in [5.74, 6) is -0.528. The van der Waals surface area contributed by atoms with Gasteiger partial charge in [0.15, 0.2) is 5.78 Å². The van der Waals surface area contributed by atoms with Gasteiger partial charge < -0.3 is 4.90 Å². The Kier molecular flexibility index (Phi) is 5.02. The lowest BCUT2D eigenvalue weighted by Gasteiger charge is -2.22. The molecular weight excluding hydrogens is 320 g/mol. The lowest BCUT2D eigenvalue weighted by molar-refractivity contribution is 0.0999. The molecule has 2 aromatic rings. The van der Waals surface area contributed by atoms with E-state index in [1.165, 1.54) is 6.07 Å². The highest BCUT2D eigenvalue weighted by molar-refractivity contribution is 7.20. The van der Waals surface area contributed by atoms with Crippen LogP contribution in [0.15, 0.2) is 30.3 Å². The molecule has 0 bridgehead atoms. The molecule has 20 heavy (non-hydrogen) atoms. The average Bonchev–Trinajstić information content (AvgIpc) is 2.76. The second kappa shape index (κ2) is 6.57. The Bertz CT molecular complexity index is 629. The van der Waals surface area contributed by atoms with Gasteiger partial charge in [0.1, 0.15) is 10.2 Å². The van der Waals surface area contributed by atoms with Crippen molar-refractivity contribution < 1.29 is 9.18 Å². The van der Waals surface area contributed by atoms with Crippen molar-refractivity contribution >= 4 is 46.0 Å². The second-order valence-electron chi connectivity index (χ2n) is 4.13. The highest BCUT2D eigenvalue weighted by Gasteiger charge is 2.18. The topological polar surface area (TPSA) is 20.3 Å². The first-order chi connectivity index (χ1) is 9.52. The highest BCUT2D eigenvalue weighted by atomic mass is 35.5. The highest BCUT2D eigenvalue weighted by Crippen LogP contribution is 2.31. The summed E-state index contributed by atoms with van der Waals surface area (Å²) < 4.78 is 14.6. The zero-order valence-electron chi connectivity index (χ0n) is 10.7. The van der Waals surface area contributed by atoms with Gasteiger partial charge in [-0.2, -0.15) is 0 Å². The van der Waals surface area contributed by atoms with Crippen molar-refractivity contribution in [1.29, 1.82) is 0 Å². The molecule has 0 spiro atoms. The monoisotopic (exact) mass is 331 g/mol. The van der Waals surface area contributed by atoms with Gasteiger partial charge in [-0.15, -0.1) is 11.3 Å². The molecule has 2 rings (SSSR count). The number of thiophene rings is 1. The number of hydrogen-bond donors (Lipinski definition) is 0. The van der Waals surface area contributed by atoms with E-state index in [-0.39, 0.29) is 18.1 Å². The molecule has 1 aromatic carbocycles. The number of carbonyl (C=O) groups is 1. The molecule has 0 N–H and O–H groups in total. The third-order valence-corrected chi connectivity index (χ3v) is 4.35. The molecular formula is C14H12Cl2FNOS. The number of carbonyl (C=O) groups excluding carboxylic acids is 1. The molecule has 6 heteroatoms. The largest absolute Gasteiger partial charge is 0.362 e. The van der Waals surface area contributed by atoms with Gasteiger partial charge in [-0.3, -0.25) is 4.79 Å². The lowest BCUT2D eigenvalue weighted by Crippen LogP contribution is -2.30. The smallest absolute Gasteiger partial charge is 0.184 e. The fraction of sp³-hybridized carbons (Fsp3) is 0.214. The van der Waals surface area contributed by atoms with E-state index in [1.807, 2.05) is 6.92 Å². The predicted octanol–water partition coefficient (Wildman–Crippen LogP) is 4.90. The third-order valence-electron chi connectivity index (χ3n) is 2.87. The fourth-order valence-corrected chi connectivity index (χ4v) is 3.36. The summed E-state index contributed by atoms with van der Waals surface area (Å²) in [6.45, 7) is 2.44. The van der Waals surface area contributed by atoms with Crippen LogP contribution < -0.4 is 4.90 Å². The number of benzene rings is 1. The third kappa shape index (κ3) is 3.32. The minimum atomic E-state index is -0.350. The van der Waals surface area contributed by atoms with E-state index < -0.39 is 0 Å². The van der Waals surface area contributed by atoms with Gasteiger partial charge in [-0.25, -0.2) is 4.39 Å². The standard InChI is InChI=1S/C14H12Cl2FNOS/c1-2-18(11-6-4-3-5-10(11)17)8-12(19)9-7-13(15)20-14(9)16/h3-7H,2,8H2,1H3. The quantitative estimate of drug-likeness (QED) is 0.726. The number of para-hydroxylation sites is 1. The van der Waals surface area contributed by atoms with E-state index in [2.05, 4.69) is 0 Å². The van der Waals surface area contributed by atoms with Crippen LogP contribution in [0.5, 0.6) is 0 Å². The van der Waals surface area contributed by atoms with Crippen LogP contribution in [-0.2, 0) is 0 Å². The van der Waals surface area contributed by atoms with Crippen molar-refractivity contribution in [3.8, 4) is 0 Å². The first-order valence-electron chi connectivity index (χ1n) is 6.00. The summed E-state index contributed by atoms with van der Waals surface area (Å²) in [7, 11) is 0. The molecule has 0 radical (unpaired) electrons. The molecule has 2 nitrogen and oxygen atoms in total. The van der Waals surface area contributed by atoms with Crippen molar-refractivity contribution in [2.45, 2.75) is 6.92 Å². The van der Waals surface area contributed by atoms with Gasteiger partial charge in [0.25, 0.3) is 0 Å². The summed E-state index contributed by atoms with van der Waals surface area (Å²) in [6.07, 6.45) is 0. The molecule has 0 amide bonds. The molecule has 0 saturated heterocycles. The molecule has 1 aromatic heterocycles. The maximum atomic E-state index is 13.8. The molecule has 106 valence electrons. The second-order valence-corrected chi connectivity index (χ2v) is 6.41. The molecule has 0 fully saturated rings. The van der Waals surface area contributed by atoms with Crippen LogP contribution in [-0.4, -0.2) is 18.9 Å². The Morgan fingerprint density at radius 1 is 1.35 bits per heavy atom. The van der Waals surface area contributed by atoms with E-state index in [1.54, 1.807) is 29.2 Å². The van der Waals surface area contributed by atoms with Gasteiger partial charge in [-0.1, -0.05) is 35.3 Å². The zero-order valence-corrected chi connectivity index (χ0v) is 13.0. The minimum Gasteiger partial charge on any atom is -0.362 e. The van der Waals surface area contributed by atoms with Crippen LogP contribution >= 0.6 is 34.5 Å². The zero-order chi connectivity index (χ0) is 14.7. The first-order valence-corrected chi connectivity index (χ1v) is 7.57. The van der Waals surface area contributed by atoms with E-state index in [4.69, 9.17) is 23.2 Å². The number of anilines is 1. The van der Waals surface area contributed by atoms with Crippen molar-refractivity contribution in [3.05, 3.63) is 50.4 Å². The molecule has 0 aliphatic rings. The number of Topliss-reactive ketones (excluding diaryl/α,β-unsaturated/α-hetero) is 1. The summed E-state index contributed by atoms with van der Waals surface area (Å²) in [6, 6.07) is 7.92. The maximum absolute atomic E-state index is 13.8. The van der Waals surface area contributed by atoms with E-state index >= 15 is 0 Å². The van der Waals surface area contributed by atoms with Gasteiger partial charge >= 0.3 is 0 Å². The SMILES string of the molecule is CCN(CC(=O)c1cc(Cl)sc1Cl)c1ccccc1F. The fourth-order valence-electron chi connectivity index (χ4n) is 1.86. The number of nitrogens with zero attached hydrogens (tertiary/aromatic N) is 1. The molecule has 1 heterocycles. The van der Waals surface area contributed by atoms with Crippen LogP contribution in [0.2, 0.25) is 8.67 Å². The summed E-state index contributed by atoms with van der Waals surface area (Å²) >= 11 is 12.9. The van der Waals surface area contributed by atoms with Gasteiger partial charge in [0.2, 0.25) is 0 Å². The Balaban J connectivity index is 2.21. The molecule has 0 unspecified atom stereocenters. The number of hydrogen-bond acceptors (Lipinski definition) is 3. The predicted molar refractivity (Wildman–Crippen MR) is 83.0 cm³/mol. The minimum absolute atomic E-state index is 0.0597. The maximum Gasteiger partial charge on any atom is 0.184 e. The average molecular weight is 332 g/mol. The lowest BCUT2D eigenvalue weighted by atomic mass is 10.2. The van der Waals surface area contributed by atoms with E-state index in [0.717, 1.165) is 11.3 Å². The summed E-state index contributed by atoms with van der Waals surface area (Å²) in [5.41, 5.74) is 0.789. The Morgan fingerprint density at radius 3 is 2.60 bits per heavy atom. The Labute approximate surface area is 130 Å². The van der Waals surface area contributed by atoms with Gasteiger partial charge in [0.05, 0.1) is 22.1 Å². The number of rotatable bonds is 5. The van der Waals surface area contributed by atoms with Crippen molar-refractivity contribution in [2.24, 2.45) is 0 Å². The van der Waals surface area contributed by atoms with Crippen molar-refractivity contribution in [2.75, 3.05) is 18.0 Å². The van der Waals surface area contributed by atoms with Crippen LogP contribution in [0, 0.1) is 5.82 Å². The summed E-state index contributed by atoms with van der Waals surface area (Å²) in [5, 5.41) is 0. The molecule has 0 saturated carbocycles. The van der Waals surface area contributed by atoms with E-state index in [0.29, 0.717) is 26.5 Å². The molecule has 0 atom stereocenters. The summed E-state index contributed by atoms with van der Waals surface area (Å²) in [4.78, 5) is 13.9. The number of ketones is 1. The Hall–Kier alpha value is -1.10. The molecule has 0 aliphatic carbocycles.